The van der Waals surface area contributed by atoms with Crippen LogP contribution < -0.4 is 10.1 Å². The Morgan fingerprint density at radius 3 is 2.73 bits per heavy atom. The van der Waals surface area contributed by atoms with Gasteiger partial charge in [-0.1, -0.05) is 41.7 Å². The molecule has 26 heavy (non-hydrogen) atoms. The molecule has 0 saturated carbocycles. The van der Waals surface area contributed by atoms with Gasteiger partial charge >= 0.3 is 6.09 Å². The van der Waals surface area contributed by atoms with E-state index in [2.05, 4.69) is 22.4 Å². The van der Waals surface area contributed by atoms with Crippen molar-refractivity contribution in [3.8, 4) is 5.75 Å². The fourth-order valence-electron chi connectivity index (χ4n) is 3.24. The Kier molecular flexibility index (Phi) is 4.86. The summed E-state index contributed by atoms with van der Waals surface area (Å²) in [5.41, 5.74) is 3.36. The van der Waals surface area contributed by atoms with Crippen LogP contribution in [0.3, 0.4) is 0 Å². The predicted molar refractivity (Wildman–Crippen MR) is 103 cm³/mol. The summed E-state index contributed by atoms with van der Waals surface area (Å²) in [6.45, 7) is 3.64. The highest BCUT2D eigenvalue weighted by Gasteiger charge is 2.21. The number of para-hydroxylation sites is 1. The summed E-state index contributed by atoms with van der Waals surface area (Å²) >= 11 is 1.51. The molecule has 3 aromatic rings. The van der Waals surface area contributed by atoms with Gasteiger partial charge in [0.1, 0.15) is 5.75 Å². The molecule has 2 aromatic carbocycles. The lowest BCUT2D eigenvalue weighted by atomic mass is 9.91. The topological polar surface area (TPSA) is 60.5 Å². The molecule has 5 nitrogen and oxygen atoms in total. The van der Waals surface area contributed by atoms with Crippen LogP contribution >= 0.6 is 11.3 Å². The number of rotatable bonds is 3. The van der Waals surface area contributed by atoms with E-state index < -0.39 is 6.09 Å². The van der Waals surface area contributed by atoms with Gasteiger partial charge in [-0.3, -0.25) is 5.32 Å². The molecule has 1 aliphatic heterocycles. The second-order valence-electron chi connectivity index (χ2n) is 6.38. The van der Waals surface area contributed by atoms with Gasteiger partial charge in [-0.25, -0.2) is 9.78 Å². The van der Waals surface area contributed by atoms with E-state index in [0.29, 0.717) is 16.8 Å². The molecule has 0 bridgehead atoms. The van der Waals surface area contributed by atoms with Crippen molar-refractivity contribution in [2.75, 3.05) is 18.5 Å². The molecule has 1 fully saturated rings. The number of aromatic nitrogens is 1. The summed E-state index contributed by atoms with van der Waals surface area (Å²) in [7, 11) is 0. The number of nitrogens with one attached hydrogen (secondary N) is 1. The maximum atomic E-state index is 12.1. The Morgan fingerprint density at radius 1 is 1.19 bits per heavy atom. The number of nitrogens with zero attached hydrogens (tertiary/aromatic N) is 1. The van der Waals surface area contributed by atoms with Crippen LogP contribution in [0.15, 0.2) is 42.5 Å². The van der Waals surface area contributed by atoms with Gasteiger partial charge in [-0.2, -0.15) is 0 Å². The van der Waals surface area contributed by atoms with Crippen LogP contribution in [0.25, 0.3) is 10.2 Å². The van der Waals surface area contributed by atoms with Gasteiger partial charge in [0.2, 0.25) is 0 Å². The van der Waals surface area contributed by atoms with Crippen molar-refractivity contribution in [1.82, 2.24) is 4.98 Å². The monoisotopic (exact) mass is 368 g/mol. The number of carbonyl (C=O) groups excluding carboxylic acids is 1. The maximum absolute atomic E-state index is 12.1. The van der Waals surface area contributed by atoms with E-state index in [9.17, 15) is 4.79 Å². The zero-order chi connectivity index (χ0) is 17.9. The van der Waals surface area contributed by atoms with Crippen molar-refractivity contribution in [3.05, 3.63) is 53.6 Å². The fraction of sp³-hybridized carbons (Fsp3) is 0.300. The van der Waals surface area contributed by atoms with Gasteiger partial charge in [0.15, 0.2) is 5.13 Å². The zero-order valence-corrected chi connectivity index (χ0v) is 15.3. The summed E-state index contributed by atoms with van der Waals surface area (Å²) in [6, 6.07) is 13.3. The highest BCUT2D eigenvalue weighted by molar-refractivity contribution is 7.22. The Bertz CT molecular complexity index is 917. The van der Waals surface area contributed by atoms with Crippen LogP contribution in [0.4, 0.5) is 9.93 Å². The molecular weight excluding hydrogens is 348 g/mol. The first-order valence-electron chi connectivity index (χ1n) is 8.72. The Balaban J connectivity index is 1.58. The highest BCUT2D eigenvalue weighted by atomic mass is 32.1. The van der Waals surface area contributed by atoms with Crippen LogP contribution in [-0.2, 0) is 4.74 Å². The first kappa shape index (κ1) is 17.0. The number of anilines is 1. The Labute approximate surface area is 156 Å². The van der Waals surface area contributed by atoms with Crippen molar-refractivity contribution >= 4 is 32.8 Å². The van der Waals surface area contributed by atoms with Crippen LogP contribution in [0.2, 0.25) is 0 Å². The van der Waals surface area contributed by atoms with E-state index in [1.807, 2.05) is 25.1 Å². The molecule has 0 atom stereocenters. The normalized spacial score (nSPS) is 15.1. The third-order valence-electron chi connectivity index (χ3n) is 4.60. The first-order chi connectivity index (χ1) is 12.7. The molecule has 1 N–H and O–H groups in total. The van der Waals surface area contributed by atoms with Gasteiger partial charge in [0.05, 0.1) is 10.2 Å². The van der Waals surface area contributed by atoms with E-state index in [4.69, 9.17) is 9.47 Å². The number of aryl methyl sites for hydroxylation is 1. The van der Waals surface area contributed by atoms with E-state index in [0.717, 1.165) is 41.8 Å². The molecule has 0 unspecified atom stereocenters. The largest absolute Gasteiger partial charge is 0.418 e. The lowest BCUT2D eigenvalue weighted by Gasteiger charge is -2.22. The molecule has 2 heterocycles. The van der Waals surface area contributed by atoms with Gasteiger partial charge in [0.25, 0.3) is 0 Å². The Hall–Kier alpha value is -2.44. The minimum absolute atomic E-state index is 0.483. The smallest absolute Gasteiger partial charge is 0.410 e. The number of benzene rings is 2. The van der Waals surface area contributed by atoms with E-state index in [-0.39, 0.29) is 0 Å². The number of amides is 1. The highest BCUT2D eigenvalue weighted by Crippen LogP contribution is 2.38. The summed E-state index contributed by atoms with van der Waals surface area (Å²) in [5.74, 6) is 0.988. The summed E-state index contributed by atoms with van der Waals surface area (Å²) in [5, 5.41) is 3.32. The average molecular weight is 368 g/mol. The van der Waals surface area contributed by atoms with Gasteiger partial charge in [0, 0.05) is 13.2 Å². The number of hydrogen-bond acceptors (Lipinski definition) is 5. The standard InChI is InChI=1S/C20H20N2O3S/c1-13-7-8-16(14-9-11-24-12-10-14)18-17(13)21-19(26-18)22-20(23)25-15-5-3-2-4-6-15/h2-8,14H,9-12H2,1H3,(H,21,22,23). The van der Waals surface area contributed by atoms with Crippen LogP contribution in [-0.4, -0.2) is 24.3 Å². The lowest BCUT2D eigenvalue weighted by Crippen LogP contribution is -2.16. The molecule has 1 amide bonds. The SMILES string of the molecule is Cc1ccc(C2CCOCC2)c2sc(NC(=O)Oc3ccccc3)nc12. The minimum Gasteiger partial charge on any atom is -0.410 e. The number of fused-ring (bicyclic) bond motifs is 1. The number of carbonyl (C=O) groups is 1. The van der Waals surface area contributed by atoms with Crippen molar-refractivity contribution < 1.29 is 14.3 Å². The van der Waals surface area contributed by atoms with Crippen molar-refractivity contribution in [2.24, 2.45) is 0 Å². The summed E-state index contributed by atoms with van der Waals surface area (Å²) < 4.78 is 11.9. The molecular formula is C20H20N2O3S. The molecule has 1 aliphatic rings. The van der Waals surface area contributed by atoms with Crippen LogP contribution in [0.1, 0.15) is 29.9 Å². The second-order valence-corrected chi connectivity index (χ2v) is 7.38. The van der Waals surface area contributed by atoms with Gasteiger partial charge in [-0.05, 0) is 48.9 Å². The molecule has 134 valence electrons. The third kappa shape index (κ3) is 3.57. The molecule has 4 rings (SSSR count). The predicted octanol–water partition coefficient (Wildman–Crippen LogP) is 5.11. The zero-order valence-electron chi connectivity index (χ0n) is 14.5. The molecule has 1 aromatic heterocycles. The van der Waals surface area contributed by atoms with Gasteiger partial charge < -0.3 is 9.47 Å². The summed E-state index contributed by atoms with van der Waals surface area (Å²) in [6.07, 6.45) is 1.52. The maximum Gasteiger partial charge on any atom is 0.418 e. The van der Waals surface area contributed by atoms with E-state index in [1.165, 1.54) is 16.9 Å². The lowest BCUT2D eigenvalue weighted by molar-refractivity contribution is 0.0856. The molecule has 1 saturated heterocycles. The van der Waals surface area contributed by atoms with E-state index >= 15 is 0 Å². The molecule has 0 spiro atoms. The number of ether oxygens (including phenoxy) is 2. The quantitative estimate of drug-likeness (QED) is 0.698. The van der Waals surface area contributed by atoms with Gasteiger partial charge in [-0.15, -0.1) is 0 Å². The Morgan fingerprint density at radius 2 is 1.96 bits per heavy atom. The molecule has 0 radical (unpaired) electrons. The summed E-state index contributed by atoms with van der Waals surface area (Å²) in [4.78, 5) is 16.8. The van der Waals surface area contributed by atoms with E-state index in [1.54, 1.807) is 12.1 Å². The van der Waals surface area contributed by atoms with Crippen molar-refractivity contribution in [1.29, 1.82) is 0 Å². The first-order valence-corrected chi connectivity index (χ1v) is 9.54. The molecule has 0 aliphatic carbocycles. The minimum atomic E-state index is -0.527. The number of thiazole rings is 1. The number of hydrogen-bond donors (Lipinski definition) is 1. The fourth-order valence-corrected chi connectivity index (χ4v) is 4.36. The average Bonchev–Trinajstić information content (AvgIpc) is 3.08. The van der Waals surface area contributed by atoms with Crippen LogP contribution in [0.5, 0.6) is 5.75 Å². The molecule has 6 heteroatoms. The third-order valence-corrected chi connectivity index (χ3v) is 5.62. The van der Waals surface area contributed by atoms with Crippen molar-refractivity contribution in [2.45, 2.75) is 25.7 Å². The van der Waals surface area contributed by atoms with Crippen molar-refractivity contribution in [3.63, 3.8) is 0 Å². The second kappa shape index (κ2) is 7.43. The van der Waals surface area contributed by atoms with Crippen LogP contribution in [0, 0.1) is 6.92 Å².